The van der Waals surface area contributed by atoms with E-state index in [1.54, 1.807) is 18.2 Å². The van der Waals surface area contributed by atoms with Crippen LogP contribution in [0.1, 0.15) is 11.5 Å². The molecule has 0 fully saturated rings. The van der Waals surface area contributed by atoms with E-state index in [0.29, 0.717) is 11.5 Å². The molecule has 128 valence electrons. The lowest BCUT2D eigenvalue weighted by Gasteiger charge is -2.04. The Morgan fingerprint density at radius 3 is 2.68 bits per heavy atom. The molecule has 0 bridgehead atoms. The van der Waals surface area contributed by atoms with Gasteiger partial charge >= 0.3 is 5.63 Å². The first-order chi connectivity index (χ1) is 11.9. The molecule has 2 heterocycles. The molecule has 3 aromatic rings. The maximum atomic E-state index is 12.1. The first kappa shape index (κ1) is 15.6. The van der Waals surface area contributed by atoms with Crippen LogP contribution in [-0.4, -0.2) is 20.2 Å². The van der Waals surface area contributed by atoms with Crippen LogP contribution in [0.3, 0.4) is 0 Å². The Hall–Kier alpha value is -2.91. The van der Waals surface area contributed by atoms with Crippen molar-refractivity contribution >= 4 is 20.9 Å². The van der Waals surface area contributed by atoms with Crippen molar-refractivity contribution in [2.45, 2.75) is 11.3 Å². The van der Waals surface area contributed by atoms with Crippen LogP contribution >= 0.6 is 0 Å². The Morgan fingerprint density at radius 2 is 1.88 bits per heavy atom. The number of sulfonamides is 1. The normalized spacial score (nSPS) is 13.3. The lowest BCUT2D eigenvalue weighted by atomic mass is 10.1. The van der Waals surface area contributed by atoms with E-state index >= 15 is 0 Å². The van der Waals surface area contributed by atoms with Crippen LogP contribution in [0.25, 0.3) is 10.9 Å². The minimum atomic E-state index is -3.89. The Morgan fingerprint density at radius 1 is 1.08 bits per heavy atom. The summed E-state index contributed by atoms with van der Waals surface area (Å²) in [5.41, 5.74) is 0.419. The molecular weight excluding hydrogens is 348 g/mol. The molecule has 1 aromatic heterocycles. The van der Waals surface area contributed by atoms with Gasteiger partial charge in [-0.25, -0.2) is 23.3 Å². The Labute approximate surface area is 141 Å². The van der Waals surface area contributed by atoms with Gasteiger partial charge in [0, 0.05) is 6.42 Å². The van der Waals surface area contributed by atoms with Gasteiger partial charge in [0.15, 0.2) is 11.5 Å². The minimum Gasteiger partial charge on any atom is -0.454 e. The van der Waals surface area contributed by atoms with E-state index in [9.17, 15) is 13.2 Å². The van der Waals surface area contributed by atoms with Crippen molar-refractivity contribution in [3.05, 3.63) is 58.3 Å². The molecule has 0 saturated carbocycles. The molecule has 0 unspecified atom stereocenters. The smallest absolute Gasteiger partial charge is 0.346 e. The zero-order valence-corrected chi connectivity index (χ0v) is 13.6. The molecule has 4 rings (SSSR count). The third kappa shape index (κ3) is 2.94. The zero-order chi connectivity index (χ0) is 17.6. The summed E-state index contributed by atoms with van der Waals surface area (Å²) in [5, 5.41) is 5.30. The van der Waals surface area contributed by atoms with E-state index in [4.69, 9.17) is 19.0 Å². The largest absolute Gasteiger partial charge is 0.454 e. The number of benzene rings is 2. The molecule has 1 aliphatic rings. The number of aromatic nitrogens is 1. The van der Waals surface area contributed by atoms with Crippen molar-refractivity contribution in [1.82, 2.24) is 4.98 Å². The number of nitrogens with zero attached hydrogens (tertiary/aromatic N) is 1. The fourth-order valence-corrected chi connectivity index (χ4v) is 3.11. The van der Waals surface area contributed by atoms with Crippen molar-refractivity contribution in [1.29, 1.82) is 0 Å². The number of hydrogen-bond donors (Lipinski definition) is 1. The lowest BCUT2D eigenvalue weighted by Crippen LogP contribution is -2.13. The fourth-order valence-electron chi connectivity index (χ4n) is 2.57. The molecule has 0 saturated heterocycles. The number of nitrogens with two attached hydrogens (primary N) is 1. The van der Waals surface area contributed by atoms with Crippen molar-refractivity contribution in [3.8, 4) is 11.5 Å². The summed E-state index contributed by atoms with van der Waals surface area (Å²) < 4.78 is 38.7. The maximum absolute atomic E-state index is 12.1. The van der Waals surface area contributed by atoms with Crippen LogP contribution in [0.2, 0.25) is 0 Å². The predicted octanol–water partition coefficient (Wildman–Crippen LogP) is 1.15. The van der Waals surface area contributed by atoms with Crippen LogP contribution in [0, 0.1) is 0 Å². The second-order valence-corrected chi connectivity index (χ2v) is 7.04. The number of primary sulfonamides is 1. The number of rotatable bonds is 3. The molecule has 1 aliphatic heterocycles. The minimum absolute atomic E-state index is 0.118. The third-order valence-corrected chi connectivity index (χ3v) is 4.68. The lowest BCUT2D eigenvalue weighted by molar-refractivity contribution is 0.174. The van der Waals surface area contributed by atoms with Crippen LogP contribution in [-0.2, 0) is 16.4 Å². The van der Waals surface area contributed by atoms with Gasteiger partial charge in [-0.2, -0.15) is 0 Å². The number of hydrogen-bond acceptors (Lipinski definition) is 7. The molecule has 0 spiro atoms. The van der Waals surface area contributed by atoms with E-state index in [1.165, 1.54) is 18.2 Å². The third-order valence-electron chi connectivity index (χ3n) is 3.77. The van der Waals surface area contributed by atoms with Gasteiger partial charge in [-0.3, -0.25) is 0 Å². The number of fused-ring (bicyclic) bond motifs is 2. The van der Waals surface area contributed by atoms with E-state index in [1.807, 2.05) is 0 Å². The molecule has 8 nitrogen and oxygen atoms in total. The summed E-state index contributed by atoms with van der Waals surface area (Å²) in [6, 6.07) is 9.17. The topological polar surface area (TPSA) is 122 Å². The summed E-state index contributed by atoms with van der Waals surface area (Å²) in [7, 11) is -3.89. The molecule has 0 aliphatic carbocycles. The van der Waals surface area contributed by atoms with Crippen molar-refractivity contribution in [2.75, 3.05) is 6.79 Å². The van der Waals surface area contributed by atoms with Crippen molar-refractivity contribution in [3.63, 3.8) is 0 Å². The molecule has 0 amide bonds. The molecule has 9 heteroatoms. The van der Waals surface area contributed by atoms with Crippen molar-refractivity contribution < 1.29 is 22.3 Å². The molecule has 0 radical (unpaired) electrons. The molecular formula is C16H12N2O6S. The Balaban J connectivity index is 1.76. The van der Waals surface area contributed by atoms with E-state index in [-0.39, 0.29) is 34.9 Å². The summed E-state index contributed by atoms with van der Waals surface area (Å²) in [6.45, 7) is 0.165. The van der Waals surface area contributed by atoms with Gasteiger partial charge in [0.2, 0.25) is 22.7 Å². The highest BCUT2D eigenvalue weighted by Gasteiger charge is 2.16. The Bertz CT molecular complexity index is 1150. The van der Waals surface area contributed by atoms with Crippen LogP contribution in [0.4, 0.5) is 0 Å². The van der Waals surface area contributed by atoms with Crippen molar-refractivity contribution in [2.24, 2.45) is 5.14 Å². The second-order valence-electron chi connectivity index (χ2n) is 5.48. The predicted molar refractivity (Wildman–Crippen MR) is 87.0 cm³/mol. The maximum Gasteiger partial charge on any atom is 0.346 e. The SMILES string of the molecule is NS(=O)(=O)c1ccc2c(=O)oc(Cc3ccc4c(c3)OCO4)nc2c1. The zero-order valence-electron chi connectivity index (χ0n) is 12.8. The molecule has 25 heavy (non-hydrogen) atoms. The first-order valence-corrected chi connectivity index (χ1v) is 8.80. The van der Waals surface area contributed by atoms with Gasteiger partial charge < -0.3 is 13.9 Å². The highest BCUT2D eigenvalue weighted by atomic mass is 32.2. The fraction of sp³-hybridized carbons (Fsp3) is 0.125. The van der Waals surface area contributed by atoms with Gasteiger partial charge in [0.1, 0.15) is 0 Å². The molecule has 0 atom stereocenters. The first-order valence-electron chi connectivity index (χ1n) is 7.25. The van der Waals surface area contributed by atoms with Gasteiger partial charge in [-0.1, -0.05) is 6.07 Å². The highest BCUT2D eigenvalue weighted by molar-refractivity contribution is 7.89. The average molecular weight is 360 g/mol. The van der Waals surface area contributed by atoms with Crippen LogP contribution in [0.15, 0.2) is 50.5 Å². The molecule has 2 aromatic carbocycles. The highest BCUT2D eigenvalue weighted by Crippen LogP contribution is 2.33. The van der Waals surface area contributed by atoms with E-state index < -0.39 is 15.6 Å². The van der Waals surface area contributed by atoms with Crippen LogP contribution in [0.5, 0.6) is 11.5 Å². The standard InChI is InChI=1S/C16H12N2O6S/c17-25(20,21)10-2-3-11-12(7-10)18-15(24-16(11)19)6-9-1-4-13-14(5-9)23-8-22-13/h1-5,7H,6,8H2,(H2,17,20,21). The average Bonchev–Trinajstić information content (AvgIpc) is 3.01. The Kier molecular flexibility index (Phi) is 3.48. The summed E-state index contributed by atoms with van der Waals surface area (Å²) in [4.78, 5) is 16.2. The van der Waals surface area contributed by atoms with Gasteiger partial charge in [-0.15, -0.1) is 0 Å². The van der Waals surface area contributed by atoms with E-state index in [2.05, 4.69) is 4.98 Å². The van der Waals surface area contributed by atoms with Gasteiger partial charge in [-0.05, 0) is 35.9 Å². The number of ether oxygens (including phenoxy) is 2. The molecule has 2 N–H and O–H groups in total. The second kappa shape index (κ2) is 5.57. The summed E-state index contributed by atoms with van der Waals surface area (Å²) >= 11 is 0. The summed E-state index contributed by atoms with van der Waals surface area (Å²) in [6.07, 6.45) is 0.238. The van der Waals surface area contributed by atoms with Crippen LogP contribution < -0.4 is 20.2 Å². The summed E-state index contributed by atoms with van der Waals surface area (Å²) in [5.74, 6) is 1.41. The van der Waals surface area contributed by atoms with Gasteiger partial charge in [0.25, 0.3) is 0 Å². The monoisotopic (exact) mass is 360 g/mol. The van der Waals surface area contributed by atoms with Gasteiger partial charge in [0.05, 0.1) is 15.8 Å². The quantitative estimate of drug-likeness (QED) is 0.743. The van der Waals surface area contributed by atoms with E-state index in [0.717, 1.165) is 5.56 Å².